The summed E-state index contributed by atoms with van der Waals surface area (Å²) in [7, 11) is 1.10. The summed E-state index contributed by atoms with van der Waals surface area (Å²) in [5.41, 5.74) is -0.275. The van der Waals surface area contributed by atoms with Gasteiger partial charge in [0, 0.05) is 23.6 Å². The van der Waals surface area contributed by atoms with Crippen molar-refractivity contribution in [1.29, 1.82) is 0 Å². The third-order valence-corrected chi connectivity index (χ3v) is 7.06. The van der Waals surface area contributed by atoms with Gasteiger partial charge in [-0.15, -0.1) is 0 Å². The fourth-order valence-electron chi connectivity index (χ4n) is 2.73. The molecule has 2 rings (SSSR count). The Kier molecular flexibility index (Phi) is 6.27. The largest absolute Gasteiger partial charge is 0.496 e. The third kappa shape index (κ3) is 3.72. The van der Waals surface area contributed by atoms with E-state index in [9.17, 15) is 9.36 Å². The Morgan fingerprint density at radius 3 is 1.96 bits per heavy atom. The van der Waals surface area contributed by atoms with Crippen molar-refractivity contribution >= 4 is 18.0 Å². The molecular weight excluding hydrogens is 339 g/mol. The van der Waals surface area contributed by atoms with Crippen LogP contribution in [0.25, 0.3) is 0 Å². The molecule has 1 atom stereocenters. The zero-order valence-corrected chi connectivity index (χ0v) is 15.8. The highest BCUT2D eigenvalue weighted by atomic mass is 31.2. The summed E-state index contributed by atoms with van der Waals surface area (Å²) in [6, 6.07) is 12.1. The van der Waals surface area contributed by atoms with Crippen LogP contribution in [0.2, 0.25) is 0 Å². The number of methoxy groups -OCH3 is 3. The summed E-state index contributed by atoms with van der Waals surface area (Å²) in [5, 5.41) is 0.543. The Morgan fingerprint density at radius 2 is 1.52 bits per heavy atom. The molecule has 0 radical (unpaired) electrons. The third-order valence-electron chi connectivity index (χ3n) is 3.97. The molecule has 0 saturated heterocycles. The highest BCUT2D eigenvalue weighted by Crippen LogP contribution is 2.52. The van der Waals surface area contributed by atoms with Crippen molar-refractivity contribution in [2.75, 3.05) is 27.5 Å². The number of ether oxygens (including phenoxy) is 3. The molecule has 0 amide bonds. The Balaban J connectivity index is 2.67. The van der Waals surface area contributed by atoms with E-state index in [2.05, 4.69) is 0 Å². The second kappa shape index (κ2) is 8.21. The lowest BCUT2D eigenvalue weighted by Gasteiger charge is -2.20. The van der Waals surface area contributed by atoms with Crippen molar-refractivity contribution in [2.24, 2.45) is 0 Å². The molecule has 2 aromatic rings. The van der Waals surface area contributed by atoms with Gasteiger partial charge >= 0.3 is 0 Å². The van der Waals surface area contributed by atoms with E-state index >= 15 is 0 Å². The molecule has 0 aromatic heterocycles. The van der Waals surface area contributed by atoms with Gasteiger partial charge in [0.15, 0.2) is 7.14 Å². The second-order valence-corrected chi connectivity index (χ2v) is 8.36. The Bertz CT molecular complexity index is 761. The van der Waals surface area contributed by atoms with Crippen LogP contribution in [0.1, 0.15) is 23.7 Å². The molecule has 2 aromatic carbocycles. The van der Waals surface area contributed by atoms with Crippen LogP contribution in [0.4, 0.5) is 0 Å². The van der Waals surface area contributed by atoms with Gasteiger partial charge in [0.2, 0.25) is 5.52 Å². The molecule has 5 nitrogen and oxygen atoms in total. The minimum atomic E-state index is -3.33. The van der Waals surface area contributed by atoms with Gasteiger partial charge in [0.1, 0.15) is 22.8 Å². The summed E-state index contributed by atoms with van der Waals surface area (Å²) < 4.78 is 29.6. The van der Waals surface area contributed by atoms with E-state index in [-0.39, 0.29) is 23.2 Å². The Labute approximate surface area is 148 Å². The first-order valence-electron chi connectivity index (χ1n) is 8.01. The van der Waals surface area contributed by atoms with Crippen molar-refractivity contribution in [1.82, 2.24) is 0 Å². The fourth-order valence-corrected chi connectivity index (χ4v) is 5.29. The van der Waals surface area contributed by atoms with Crippen molar-refractivity contribution in [2.45, 2.75) is 13.3 Å². The maximum absolute atomic E-state index is 13.7. The number of hydrogen-bond donors (Lipinski definition) is 0. The lowest BCUT2D eigenvalue weighted by molar-refractivity contribution is 0.107. The number of hydrogen-bond acceptors (Lipinski definition) is 5. The van der Waals surface area contributed by atoms with Gasteiger partial charge in [-0.25, -0.2) is 0 Å². The average Bonchev–Trinajstić information content (AvgIpc) is 2.66. The molecule has 6 heteroatoms. The molecular formula is C19H23O5P. The lowest BCUT2D eigenvalue weighted by Crippen LogP contribution is -2.17. The van der Waals surface area contributed by atoms with E-state index in [1.54, 1.807) is 36.4 Å². The predicted octanol–water partition coefficient (Wildman–Crippen LogP) is 3.95. The highest BCUT2D eigenvalue weighted by molar-refractivity contribution is 7.87. The van der Waals surface area contributed by atoms with Crippen molar-refractivity contribution < 1.29 is 23.6 Å². The van der Waals surface area contributed by atoms with E-state index < -0.39 is 12.7 Å². The minimum Gasteiger partial charge on any atom is -0.496 e. The summed E-state index contributed by atoms with van der Waals surface area (Å²) in [5.74, 6) is 1.07. The number of carbonyl (C=O) groups is 1. The number of rotatable bonds is 8. The summed E-state index contributed by atoms with van der Waals surface area (Å²) >= 11 is 0. The van der Waals surface area contributed by atoms with Gasteiger partial charge in [-0.2, -0.15) is 0 Å². The molecule has 0 saturated carbocycles. The van der Waals surface area contributed by atoms with Crippen LogP contribution in [0.5, 0.6) is 17.2 Å². The summed E-state index contributed by atoms with van der Waals surface area (Å²) in [6.07, 6.45) is 0.910. The van der Waals surface area contributed by atoms with Gasteiger partial charge in [0.25, 0.3) is 0 Å². The number of carbonyl (C=O) groups excluding carboxylic acids is 1. The first kappa shape index (κ1) is 19.1. The zero-order chi connectivity index (χ0) is 18.4. The van der Waals surface area contributed by atoms with E-state index in [1.165, 1.54) is 21.3 Å². The standard InChI is InChI=1S/C19H23O5P/c1-5-11-25(21,15-9-7-6-8-10-15)19(20)18-16(23-3)12-14(22-2)13-17(18)24-4/h6-10,12-13H,5,11H2,1-4H3. The first-order chi connectivity index (χ1) is 12.0. The van der Waals surface area contributed by atoms with Crippen LogP contribution >= 0.6 is 7.14 Å². The smallest absolute Gasteiger partial charge is 0.233 e. The molecule has 25 heavy (non-hydrogen) atoms. The van der Waals surface area contributed by atoms with E-state index in [1.807, 2.05) is 13.0 Å². The zero-order valence-electron chi connectivity index (χ0n) is 14.9. The molecule has 0 N–H and O–H groups in total. The van der Waals surface area contributed by atoms with E-state index in [4.69, 9.17) is 14.2 Å². The molecule has 1 unspecified atom stereocenters. The maximum Gasteiger partial charge on any atom is 0.233 e. The van der Waals surface area contributed by atoms with Crippen LogP contribution in [0.15, 0.2) is 42.5 Å². The second-order valence-electron chi connectivity index (χ2n) is 5.51. The van der Waals surface area contributed by atoms with Crippen molar-refractivity contribution in [3.8, 4) is 17.2 Å². The molecule has 0 aliphatic rings. The van der Waals surface area contributed by atoms with E-state index in [0.717, 1.165) is 0 Å². The molecule has 134 valence electrons. The molecule has 0 aliphatic heterocycles. The maximum atomic E-state index is 13.7. The Morgan fingerprint density at radius 1 is 0.960 bits per heavy atom. The van der Waals surface area contributed by atoms with Crippen LogP contribution in [-0.2, 0) is 4.57 Å². The monoisotopic (exact) mass is 362 g/mol. The van der Waals surface area contributed by atoms with Crippen LogP contribution in [0.3, 0.4) is 0 Å². The molecule has 0 spiro atoms. The van der Waals surface area contributed by atoms with Crippen molar-refractivity contribution in [3.05, 3.63) is 48.0 Å². The Hall–Kier alpha value is -2.26. The first-order valence-corrected chi connectivity index (χ1v) is 9.90. The molecule has 0 aliphatic carbocycles. The van der Waals surface area contributed by atoms with Gasteiger partial charge in [-0.3, -0.25) is 4.79 Å². The number of benzene rings is 2. The van der Waals surface area contributed by atoms with Gasteiger partial charge in [0.05, 0.1) is 21.3 Å². The summed E-state index contributed by atoms with van der Waals surface area (Å²) in [6.45, 7) is 1.91. The van der Waals surface area contributed by atoms with Crippen molar-refractivity contribution in [3.63, 3.8) is 0 Å². The minimum absolute atomic E-state index is 0.187. The van der Waals surface area contributed by atoms with Crippen LogP contribution in [-0.4, -0.2) is 33.0 Å². The highest BCUT2D eigenvalue weighted by Gasteiger charge is 2.37. The van der Waals surface area contributed by atoms with Crippen LogP contribution in [0, 0.1) is 0 Å². The lowest BCUT2D eigenvalue weighted by atomic mass is 10.2. The topological polar surface area (TPSA) is 61.8 Å². The normalized spacial score (nSPS) is 13.0. The van der Waals surface area contributed by atoms with Gasteiger partial charge in [-0.05, 0) is 6.42 Å². The van der Waals surface area contributed by atoms with Gasteiger partial charge in [-0.1, -0.05) is 37.3 Å². The molecule has 0 bridgehead atoms. The fraction of sp³-hybridized carbons (Fsp3) is 0.316. The van der Waals surface area contributed by atoms with Gasteiger partial charge < -0.3 is 18.8 Å². The van der Waals surface area contributed by atoms with Crippen LogP contribution < -0.4 is 19.5 Å². The molecule has 0 fully saturated rings. The molecule has 0 heterocycles. The average molecular weight is 362 g/mol. The van der Waals surface area contributed by atoms with E-state index in [0.29, 0.717) is 17.5 Å². The summed E-state index contributed by atoms with van der Waals surface area (Å²) in [4.78, 5) is 13.4. The quantitative estimate of drug-likeness (QED) is 0.666. The predicted molar refractivity (Wildman–Crippen MR) is 99.3 cm³/mol. The SMILES string of the molecule is CCCP(=O)(C(=O)c1c(OC)cc(OC)cc1OC)c1ccccc1.